The van der Waals surface area contributed by atoms with Gasteiger partial charge in [-0.05, 0) is 23.8 Å². The van der Waals surface area contributed by atoms with Crippen LogP contribution in [0.15, 0.2) is 36.5 Å². The molecule has 1 aliphatic rings. The Bertz CT molecular complexity index is 673. The third kappa shape index (κ3) is 3.06. The first kappa shape index (κ1) is 14.8. The van der Waals surface area contributed by atoms with Crippen LogP contribution >= 0.6 is 0 Å². The van der Waals surface area contributed by atoms with Crippen molar-refractivity contribution in [3.8, 4) is 0 Å². The van der Waals surface area contributed by atoms with Crippen LogP contribution in [0.3, 0.4) is 0 Å². The summed E-state index contributed by atoms with van der Waals surface area (Å²) in [7, 11) is 1.98. The van der Waals surface area contributed by atoms with Gasteiger partial charge in [-0.2, -0.15) is 5.10 Å². The molecule has 3 rings (SSSR count). The molecule has 0 bridgehead atoms. The number of aromatic nitrogens is 2. The van der Waals surface area contributed by atoms with Gasteiger partial charge in [0.15, 0.2) is 0 Å². The maximum atomic E-state index is 12.4. The molecule has 0 radical (unpaired) electrons. The molecule has 1 aromatic carbocycles. The summed E-state index contributed by atoms with van der Waals surface area (Å²) in [6.07, 6.45) is 4.28. The minimum Gasteiger partial charge on any atom is -0.349 e. The normalized spacial score (nSPS) is 19.5. The summed E-state index contributed by atoms with van der Waals surface area (Å²) < 4.78 is 1.94. The largest absolute Gasteiger partial charge is 0.349 e. The second-order valence-electron chi connectivity index (χ2n) is 7.00. The summed E-state index contributed by atoms with van der Waals surface area (Å²) in [6.45, 7) is 4.50. The number of nitrogens with zero attached hydrogens (tertiary/aromatic N) is 2. The second kappa shape index (κ2) is 5.59. The molecule has 1 N–H and O–H groups in total. The van der Waals surface area contributed by atoms with Gasteiger partial charge >= 0.3 is 0 Å². The molecule has 1 aliphatic carbocycles. The molecule has 1 aromatic heterocycles. The predicted octanol–water partition coefficient (Wildman–Crippen LogP) is 2.79. The number of aryl methyl sites for hydroxylation is 1. The first-order chi connectivity index (χ1) is 10.4. The van der Waals surface area contributed by atoms with Crippen molar-refractivity contribution in [3.05, 3.63) is 53.3 Å². The number of carbonyl (C=O) groups is 1. The predicted molar refractivity (Wildman–Crippen MR) is 86.3 cm³/mol. The average molecular weight is 297 g/mol. The van der Waals surface area contributed by atoms with Crippen LogP contribution in [0.2, 0.25) is 0 Å². The molecule has 116 valence electrons. The molecular weight excluding hydrogens is 274 g/mol. The van der Waals surface area contributed by atoms with Crippen molar-refractivity contribution < 1.29 is 4.79 Å². The molecule has 2 aromatic rings. The lowest BCUT2D eigenvalue weighted by Gasteiger charge is -2.35. The van der Waals surface area contributed by atoms with Gasteiger partial charge in [-0.3, -0.25) is 9.48 Å². The third-order valence-electron chi connectivity index (χ3n) is 4.41. The quantitative estimate of drug-likeness (QED) is 0.947. The van der Waals surface area contributed by atoms with E-state index in [-0.39, 0.29) is 17.4 Å². The topological polar surface area (TPSA) is 46.9 Å². The molecule has 1 atom stereocenters. The van der Waals surface area contributed by atoms with Crippen molar-refractivity contribution in [2.24, 2.45) is 12.5 Å². The summed E-state index contributed by atoms with van der Waals surface area (Å²) in [6, 6.07) is 9.92. The fourth-order valence-electron chi connectivity index (χ4n) is 3.33. The molecule has 0 spiro atoms. The summed E-state index contributed by atoms with van der Waals surface area (Å²) in [5.41, 5.74) is 3.62. The Labute approximate surface area is 131 Å². The van der Waals surface area contributed by atoms with Crippen LogP contribution in [0.5, 0.6) is 0 Å². The zero-order chi connectivity index (χ0) is 15.7. The van der Waals surface area contributed by atoms with E-state index in [0.29, 0.717) is 6.42 Å². The SMILES string of the molecule is Cn1ncc2c1CC(C)(C)C[C@@H]2NC(=O)Cc1ccccc1. The van der Waals surface area contributed by atoms with Gasteiger partial charge in [0.25, 0.3) is 0 Å². The number of hydrogen-bond acceptors (Lipinski definition) is 2. The van der Waals surface area contributed by atoms with Gasteiger partial charge in [0.2, 0.25) is 5.91 Å². The monoisotopic (exact) mass is 297 g/mol. The molecule has 0 saturated carbocycles. The highest BCUT2D eigenvalue weighted by atomic mass is 16.1. The van der Waals surface area contributed by atoms with E-state index in [9.17, 15) is 4.79 Å². The number of amides is 1. The first-order valence-electron chi connectivity index (χ1n) is 7.79. The first-order valence-corrected chi connectivity index (χ1v) is 7.79. The van der Waals surface area contributed by atoms with Crippen LogP contribution in [-0.4, -0.2) is 15.7 Å². The van der Waals surface area contributed by atoms with E-state index < -0.39 is 0 Å². The minimum atomic E-state index is 0.0589. The molecule has 1 heterocycles. The van der Waals surface area contributed by atoms with E-state index in [1.807, 2.05) is 48.3 Å². The van der Waals surface area contributed by atoms with Crippen molar-refractivity contribution in [2.75, 3.05) is 0 Å². The Morgan fingerprint density at radius 2 is 2.09 bits per heavy atom. The van der Waals surface area contributed by atoms with Crippen molar-refractivity contribution in [1.82, 2.24) is 15.1 Å². The standard InChI is InChI=1S/C18H23N3O/c1-18(2)10-15(14-12-19-21(3)16(14)11-18)20-17(22)9-13-7-5-4-6-8-13/h4-8,12,15H,9-11H2,1-3H3,(H,20,22)/t15-/m0/s1. The van der Waals surface area contributed by atoms with Gasteiger partial charge in [-0.15, -0.1) is 0 Å². The van der Waals surface area contributed by atoms with Gasteiger partial charge in [0.1, 0.15) is 0 Å². The smallest absolute Gasteiger partial charge is 0.224 e. The molecule has 0 unspecified atom stereocenters. The Kier molecular flexibility index (Phi) is 3.77. The van der Waals surface area contributed by atoms with E-state index in [2.05, 4.69) is 24.3 Å². The number of fused-ring (bicyclic) bond motifs is 1. The van der Waals surface area contributed by atoms with Gasteiger partial charge < -0.3 is 5.32 Å². The maximum Gasteiger partial charge on any atom is 0.224 e. The van der Waals surface area contributed by atoms with Crippen molar-refractivity contribution in [1.29, 1.82) is 0 Å². The van der Waals surface area contributed by atoms with Gasteiger partial charge in [-0.1, -0.05) is 44.2 Å². The number of nitrogens with one attached hydrogen (secondary N) is 1. The maximum absolute atomic E-state index is 12.4. The summed E-state index contributed by atoms with van der Waals surface area (Å²) in [5.74, 6) is 0.0729. The van der Waals surface area contributed by atoms with Crippen molar-refractivity contribution >= 4 is 5.91 Å². The van der Waals surface area contributed by atoms with Crippen LogP contribution in [-0.2, 0) is 24.7 Å². The zero-order valence-electron chi connectivity index (χ0n) is 13.5. The fourth-order valence-corrected chi connectivity index (χ4v) is 3.33. The number of benzene rings is 1. The third-order valence-corrected chi connectivity index (χ3v) is 4.41. The summed E-state index contributed by atoms with van der Waals surface area (Å²) in [4.78, 5) is 12.4. The molecule has 0 saturated heterocycles. The summed E-state index contributed by atoms with van der Waals surface area (Å²) >= 11 is 0. The van der Waals surface area contributed by atoms with E-state index in [1.165, 1.54) is 11.3 Å². The van der Waals surface area contributed by atoms with E-state index in [1.54, 1.807) is 0 Å². The van der Waals surface area contributed by atoms with Gasteiger partial charge in [-0.25, -0.2) is 0 Å². The molecule has 0 fully saturated rings. The Hall–Kier alpha value is -2.10. The fraction of sp³-hybridized carbons (Fsp3) is 0.444. The molecular formula is C18H23N3O. The number of rotatable bonds is 3. The zero-order valence-corrected chi connectivity index (χ0v) is 13.5. The Balaban J connectivity index is 1.76. The van der Waals surface area contributed by atoms with Crippen molar-refractivity contribution in [3.63, 3.8) is 0 Å². The summed E-state index contributed by atoms with van der Waals surface area (Å²) in [5, 5.41) is 7.57. The Morgan fingerprint density at radius 3 is 2.82 bits per heavy atom. The van der Waals surface area contributed by atoms with E-state index in [0.717, 1.165) is 18.4 Å². The molecule has 4 nitrogen and oxygen atoms in total. The van der Waals surface area contributed by atoms with E-state index in [4.69, 9.17) is 0 Å². The van der Waals surface area contributed by atoms with E-state index >= 15 is 0 Å². The molecule has 1 amide bonds. The number of hydrogen-bond donors (Lipinski definition) is 1. The van der Waals surface area contributed by atoms with Crippen LogP contribution < -0.4 is 5.32 Å². The lowest BCUT2D eigenvalue weighted by Crippen LogP contribution is -2.37. The second-order valence-corrected chi connectivity index (χ2v) is 7.00. The van der Waals surface area contributed by atoms with Gasteiger partial charge in [0.05, 0.1) is 18.7 Å². The Morgan fingerprint density at radius 1 is 1.36 bits per heavy atom. The van der Waals surface area contributed by atoms with Crippen LogP contribution in [0.1, 0.15) is 43.1 Å². The minimum absolute atomic E-state index is 0.0589. The van der Waals surface area contributed by atoms with Crippen molar-refractivity contribution in [2.45, 2.75) is 39.2 Å². The lowest BCUT2D eigenvalue weighted by molar-refractivity contribution is -0.121. The molecule has 4 heteroatoms. The number of carbonyl (C=O) groups excluding carboxylic acids is 1. The van der Waals surface area contributed by atoms with Crippen LogP contribution in [0, 0.1) is 5.41 Å². The molecule has 22 heavy (non-hydrogen) atoms. The highest BCUT2D eigenvalue weighted by Gasteiger charge is 2.35. The van der Waals surface area contributed by atoms with Crippen LogP contribution in [0.4, 0.5) is 0 Å². The average Bonchev–Trinajstić information content (AvgIpc) is 2.80. The van der Waals surface area contributed by atoms with Gasteiger partial charge in [0, 0.05) is 18.3 Å². The molecule has 0 aliphatic heterocycles. The highest BCUT2D eigenvalue weighted by Crippen LogP contribution is 2.40. The van der Waals surface area contributed by atoms with Crippen LogP contribution in [0.25, 0.3) is 0 Å². The highest BCUT2D eigenvalue weighted by molar-refractivity contribution is 5.79. The lowest BCUT2D eigenvalue weighted by atomic mass is 9.74.